The molecule has 3 aromatic carbocycles. The lowest BCUT2D eigenvalue weighted by molar-refractivity contribution is -0.257. The number of fused-ring (bicyclic) bond motifs is 1. The Morgan fingerprint density at radius 1 is 1.08 bits per heavy atom. The van der Waals surface area contributed by atoms with Gasteiger partial charge in [-0.15, -0.1) is 0 Å². The first-order chi connectivity index (χ1) is 17.5. The third kappa shape index (κ3) is 5.43. The first-order valence-electron chi connectivity index (χ1n) is 11.6. The van der Waals surface area contributed by atoms with Crippen LogP contribution in [-0.2, 0) is 0 Å². The van der Waals surface area contributed by atoms with Crippen molar-refractivity contribution in [2.45, 2.75) is 25.6 Å². The summed E-state index contributed by atoms with van der Waals surface area (Å²) in [5, 5.41) is 18.4. The van der Waals surface area contributed by atoms with Gasteiger partial charge in [0.25, 0.3) is 5.91 Å². The molecule has 1 amide bonds. The molecule has 1 heterocycles. The van der Waals surface area contributed by atoms with Crippen LogP contribution >= 0.6 is 0 Å². The van der Waals surface area contributed by atoms with Gasteiger partial charge < -0.3 is 15.3 Å². The quantitative estimate of drug-likeness (QED) is 0.312. The molecule has 0 spiro atoms. The maximum absolute atomic E-state index is 14.1. The topological polar surface area (TPSA) is 70.4 Å². The minimum absolute atomic E-state index is 0.0226. The summed E-state index contributed by atoms with van der Waals surface area (Å²) in [6.45, 7) is 1.47. The zero-order valence-electron chi connectivity index (χ0n) is 20.3. The summed E-state index contributed by atoms with van der Waals surface area (Å²) in [4.78, 5) is 13.8. The van der Waals surface area contributed by atoms with Gasteiger partial charge in [-0.25, -0.2) is 9.07 Å². The fraction of sp³-hybridized carbons (Fsp3) is 0.259. The van der Waals surface area contributed by atoms with E-state index in [4.69, 9.17) is 0 Å². The van der Waals surface area contributed by atoms with Crippen LogP contribution in [0.5, 0.6) is 0 Å². The number of halogens is 4. The SMILES string of the molecule is CCN(CC(O)(CNc1cc(C)cc2c1cnn2-c1ccc(F)cc1)C(F)(F)F)C(=O)c1ccccc1. The van der Waals surface area contributed by atoms with Crippen LogP contribution in [0.1, 0.15) is 22.8 Å². The molecule has 1 aromatic heterocycles. The van der Waals surface area contributed by atoms with Gasteiger partial charge in [0.05, 0.1) is 30.5 Å². The van der Waals surface area contributed by atoms with Gasteiger partial charge in [0, 0.05) is 23.2 Å². The van der Waals surface area contributed by atoms with E-state index in [1.807, 2.05) is 6.07 Å². The second kappa shape index (κ2) is 10.2. The van der Waals surface area contributed by atoms with Crippen LogP contribution in [0.2, 0.25) is 0 Å². The molecule has 1 atom stereocenters. The number of nitrogens with one attached hydrogen (secondary N) is 1. The predicted molar refractivity (Wildman–Crippen MR) is 133 cm³/mol. The predicted octanol–water partition coefficient (Wildman–Crippen LogP) is 5.34. The van der Waals surface area contributed by atoms with Gasteiger partial charge in [0.15, 0.2) is 5.60 Å². The highest BCUT2D eigenvalue weighted by molar-refractivity contribution is 5.94. The van der Waals surface area contributed by atoms with Crippen LogP contribution in [0.15, 0.2) is 72.9 Å². The number of anilines is 1. The molecule has 37 heavy (non-hydrogen) atoms. The van der Waals surface area contributed by atoms with Crippen molar-refractivity contribution in [3.05, 3.63) is 89.9 Å². The van der Waals surface area contributed by atoms with Crippen LogP contribution in [0.25, 0.3) is 16.6 Å². The van der Waals surface area contributed by atoms with Crippen LogP contribution in [0, 0.1) is 12.7 Å². The van der Waals surface area contributed by atoms with Crippen LogP contribution < -0.4 is 5.32 Å². The molecule has 6 nitrogen and oxygen atoms in total. The molecule has 0 saturated heterocycles. The average molecular weight is 515 g/mol. The van der Waals surface area contributed by atoms with Crippen molar-refractivity contribution in [3.63, 3.8) is 0 Å². The number of rotatable bonds is 8. The normalized spacial score (nSPS) is 13.4. The molecule has 0 bridgehead atoms. The second-order valence-electron chi connectivity index (χ2n) is 8.85. The van der Waals surface area contributed by atoms with Crippen LogP contribution in [0.4, 0.5) is 23.2 Å². The Balaban J connectivity index is 1.63. The van der Waals surface area contributed by atoms with Crippen molar-refractivity contribution in [1.29, 1.82) is 0 Å². The number of alkyl halides is 3. The van der Waals surface area contributed by atoms with Gasteiger partial charge in [0.2, 0.25) is 0 Å². The van der Waals surface area contributed by atoms with Gasteiger partial charge in [0.1, 0.15) is 5.82 Å². The monoisotopic (exact) mass is 514 g/mol. The smallest absolute Gasteiger partial charge is 0.381 e. The zero-order chi connectivity index (χ0) is 26.8. The number of hydrogen-bond acceptors (Lipinski definition) is 4. The standard InChI is InChI=1S/C27H26F4N4O2/c1-3-34(25(36)19-7-5-4-6-8-19)17-26(37,27(29,30)31)16-32-23-13-18(2)14-24-22(23)15-33-35(24)21-11-9-20(28)10-12-21/h4-15,32,37H,3,16-17H2,1-2H3. The number of nitrogens with zero attached hydrogens (tertiary/aromatic N) is 3. The summed E-state index contributed by atoms with van der Waals surface area (Å²) in [5.41, 5.74) is -0.740. The minimum Gasteiger partial charge on any atom is -0.381 e. The van der Waals surface area contributed by atoms with E-state index in [1.54, 1.807) is 54.9 Å². The lowest BCUT2D eigenvalue weighted by Crippen LogP contribution is -2.58. The van der Waals surface area contributed by atoms with E-state index in [9.17, 15) is 27.5 Å². The molecule has 0 aliphatic rings. The molecule has 10 heteroatoms. The van der Waals surface area contributed by atoms with E-state index < -0.39 is 36.6 Å². The summed E-state index contributed by atoms with van der Waals surface area (Å²) >= 11 is 0. The molecule has 4 rings (SSSR count). The number of carbonyl (C=O) groups excluding carboxylic acids is 1. The minimum atomic E-state index is -5.02. The third-order valence-electron chi connectivity index (χ3n) is 6.15. The first kappa shape index (κ1) is 26.2. The van der Waals surface area contributed by atoms with E-state index in [0.29, 0.717) is 22.3 Å². The van der Waals surface area contributed by atoms with Gasteiger partial charge >= 0.3 is 6.18 Å². The van der Waals surface area contributed by atoms with E-state index in [2.05, 4.69) is 10.4 Å². The molecule has 0 fully saturated rings. The van der Waals surface area contributed by atoms with Crippen molar-refractivity contribution in [3.8, 4) is 5.69 Å². The van der Waals surface area contributed by atoms with Crippen molar-refractivity contribution in [2.75, 3.05) is 25.0 Å². The molecule has 4 aromatic rings. The number of hydrogen-bond donors (Lipinski definition) is 2. The summed E-state index contributed by atoms with van der Waals surface area (Å²) < 4.78 is 57.4. The lowest BCUT2D eigenvalue weighted by Gasteiger charge is -2.35. The Hall–Kier alpha value is -3.92. The second-order valence-corrected chi connectivity index (χ2v) is 8.85. The summed E-state index contributed by atoms with van der Waals surface area (Å²) in [7, 11) is 0. The van der Waals surface area contributed by atoms with Crippen molar-refractivity contribution < 1.29 is 27.5 Å². The molecule has 0 aliphatic heterocycles. The fourth-order valence-electron chi connectivity index (χ4n) is 4.09. The van der Waals surface area contributed by atoms with E-state index in [-0.39, 0.29) is 12.1 Å². The number of aliphatic hydroxyl groups is 1. The number of carbonyl (C=O) groups is 1. The highest BCUT2D eigenvalue weighted by Gasteiger charge is 2.55. The van der Waals surface area contributed by atoms with Crippen molar-refractivity contribution >= 4 is 22.5 Å². The summed E-state index contributed by atoms with van der Waals surface area (Å²) in [6, 6.07) is 17.1. The molecule has 0 aliphatic carbocycles. The number of likely N-dealkylation sites (N-methyl/N-ethyl adjacent to an activating group) is 1. The molecule has 0 saturated carbocycles. The van der Waals surface area contributed by atoms with E-state index in [1.165, 1.54) is 30.5 Å². The molecule has 0 radical (unpaired) electrons. The number of amides is 1. The molecular weight excluding hydrogens is 488 g/mol. The Labute approximate surface area is 211 Å². The lowest BCUT2D eigenvalue weighted by atomic mass is 10.0. The fourth-order valence-corrected chi connectivity index (χ4v) is 4.09. The van der Waals surface area contributed by atoms with Crippen LogP contribution in [0.3, 0.4) is 0 Å². The van der Waals surface area contributed by atoms with Crippen LogP contribution in [-0.4, -0.2) is 57.1 Å². The highest BCUT2D eigenvalue weighted by Crippen LogP contribution is 2.34. The van der Waals surface area contributed by atoms with Crippen molar-refractivity contribution in [2.24, 2.45) is 0 Å². The Kier molecular flexibility index (Phi) is 7.22. The highest BCUT2D eigenvalue weighted by atomic mass is 19.4. The molecule has 194 valence electrons. The van der Waals surface area contributed by atoms with Gasteiger partial charge in [-0.3, -0.25) is 4.79 Å². The maximum atomic E-state index is 14.1. The Morgan fingerprint density at radius 3 is 2.38 bits per heavy atom. The Morgan fingerprint density at radius 2 is 1.76 bits per heavy atom. The summed E-state index contributed by atoms with van der Waals surface area (Å²) in [5.74, 6) is -1.01. The maximum Gasteiger partial charge on any atom is 0.420 e. The van der Waals surface area contributed by atoms with E-state index >= 15 is 0 Å². The van der Waals surface area contributed by atoms with Gasteiger partial charge in [-0.1, -0.05) is 18.2 Å². The zero-order valence-corrected chi connectivity index (χ0v) is 20.3. The third-order valence-corrected chi connectivity index (χ3v) is 6.15. The number of aryl methyl sites for hydroxylation is 1. The summed E-state index contributed by atoms with van der Waals surface area (Å²) in [6.07, 6.45) is -3.53. The average Bonchev–Trinajstić information content (AvgIpc) is 3.29. The largest absolute Gasteiger partial charge is 0.420 e. The van der Waals surface area contributed by atoms with E-state index in [0.717, 1.165) is 10.5 Å². The molecular formula is C27H26F4N4O2. The molecule has 1 unspecified atom stereocenters. The number of aromatic nitrogens is 2. The van der Waals surface area contributed by atoms with Crippen molar-refractivity contribution in [1.82, 2.24) is 14.7 Å². The Bertz CT molecular complexity index is 1390. The number of benzene rings is 3. The van der Waals surface area contributed by atoms with Gasteiger partial charge in [-0.2, -0.15) is 18.3 Å². The van der Waals surface area contributed by atoms with Gasteiger partial charge in [-0.05, 0) is 67.9 Å². The first-order valence-corrected chi connectivity index (χ1v) is 11.6. The molecule has 2 N–H and O–H groups in total.